The number of hydrogen-bond acceptors (Lipinski definition) is 4. The fourth-order valence-electron chi connectivity index (χ4n) is 1.02. The van der Waals surface area contributed by atoms with Crippen LogP contribution in [0.5, 0.6) is 0 Å². The average Bonchev–Trinajstić information content (AvgIpc) is 1.85. The smallest absolute Gasteiger partial charge is 0.155 e. The van der Waals surface area contributed by atoms with Crippen molar-refractivity contribution in [2.45, 2.75) is 12.8 Å². The van der Waals surface area contributed by atoms with Gasteiger partial charge in [0.1, 0.15) is 0 Å². The lowest BCUT2D eigenvalue weighted by Crippen LogP contribution is -2.35. The summed E-state index contributed by atoms with van der Waals surface area (Å²) in [6.07, 6.45) is 0.738. The number of carbonyl (C=O) groups is 2. The van der Waals surface area contributed by atoms with Crippen LogP contribution >= 0.6 is 0 Å². The van der Waals surface area contributed by atoms with E-state index in [-0.39, 0.29) is 12.8 Å². The van der Waals surface area contributed by atoms with Gasteiger partial charge >= 0.3 is 0 Å². The second-order valence-corrected chi connectivity index (χ2v) is 2.50. The number of ketones is 1. The zero-order chi connectivity index (χ0) is 8.43. The van der Waals surface area contributed by atoms with Gasteiger partial charge in [0, 0.05) is 18.3 Å². The minimum atomic E-state index is -1.32. The maximum atomic E-state index is 10.6. The molecule has 1 rings (SSSR count). The Morgan fingerprint density at radius 2 is 2.18 bits per heavy atom. The molecule has 0 radical (unpaired) electrons. The molecule has 0 aromatic carbocycles. The van der Waals surface area contributed by atoms with Gasteiger partial charge in [-0.2, -0.15) is 0 Å². The van der Waals surface area contributed by atoms with Gasteiger partial charge in [-0.25, -0.2) is 0 Å². The highest BCUT2D eigenvalue weighted by molar-refractivity contribution is 5.93. The van der Waals surface area contributed by atoms with E-state index in [4.69, 9.17) is 0 Å². The summed E-state index contributed by atoms with van der Waals surface area (Å²) >= 11 is 0. The van der Waals surface area contributed by atoms with Crippen molar-refractivity contribution in [1.82, 2.24) is 0 Å². The molecule has 0 bridgehead atoms. The average molecular weight is 154 g/mol. The van der Waals surface area contributed by atoms with Crippen LogP contribution in [0.4, 0.5) is 0 Å². The second kappa shape index (κ2) is 2.74. The minimum absolute atomic E-state index is 0.103. The molecule has 11 heavy (non-hydrogen) atoms. The fraction of sp³-hybridized carbons (Fsp3) is 0.429. The van der Waals surface area contributed by atoms with Crippen LogP contribution in [0, 0.1) is 5.92 Å². The zero-order valence-electron chi connectivity index (χ0n) is 5.70. The summed E-state index contributed by atoms with van der Waals surface area (Å²) in [4.78, 5) is 20.8. The van der Waals surface area contributed by atoms with Crippen LogP contribution in [-0.4, -0.2) is 11.8 Å². The fourth-order valence-corrected chi connectivity index (χ4v) is 1.02. The molecule has 60 valence electrons. The molecule has 4 heteroatoms. The van der Waals surface area contributed by atoms with E-state index in [9.17, 15) is 19.8 Å². The van der Waals surface area contributed by atoms with Gasteiger partial charge in [-0.3, -0.25) is 4.79 Å². The van der Waals surface area contributed by atoms with Gasteiger partial charge < -0.3 is 15.0 Å². The molecule has 0 fully saturated rings. The third-order valence-corrected chi connectivity index (χ3v) is 1.55. The van der Waals surface area contributed by atoms with Crippen LogP contribution in [0.15, 0.2) is 11.8 Å². The first-order valence-electron chi connectivity index (χ1n) is 3.21. The largest absolute Gasteiger partial charge is 0.875 e. The van der Waals surface area contributed by atoms with Gasteiger partial charge in [0.15, 0.2) is 5.78 Å². The Bertz CT molecular complexity index is 229. The highest BCUT2D eigenvalue weighted by Gasteiger charge is 2.17. The molecule has 0 saturated heterocycles. The number of hydrogen-bond donors (Lipinski definition) is 0. The summed E-state index contributed by atoms with van der Waals surface area (Å²) < 4.78 is 0. The number of carboxylic acid groups (broad SMARTS) is 1. The van der Waals surface area contributed by atoms with Crippen LogP contribution in [0.3, 0.4) is 0 Å². The second-order valence-electron chi connectivity index (χ2n) is 2.50. The highest BCUT2D eigenvalue weighted by Crippen LogP contribution is 2.17. The topological polar surface area (TPSA) is 80.3 Å². The molecule has 4 nitrogen and oxygen atoms in total. The van der Waals surface area contributed by atoms with Gasteiger partial charge in [0.2, 0.25) is 0 Å². The molecule has 0 unspecified atom stereocenters. The molecule has 0 amide bonds. The van der Waals surface area contributed by atoms with Crippen molar-refractivity contribution in [2.24, 2.45) is 5.92 Å². The maximum Gasteiger partial charge on any atom is 0.155 e. The first kappa shape index (κ1) is 7.78. The molecule has 1 aliphatic rings. The molecule has 1 atom stereocenters. The number of carboxylic acids is 1. The van der Waals surface area contributed by atoms with Crippen molar-refractivity contribution >= 4 is 11.8 Å². The van der Waals surface area contributed by atoms with E-state index < -0.39 is 23.4 Å². The number of allylic oxidation sites excluding steroid dienone is 2. The van der Waals surface area contributed by atoms with E-state index >= 15 is 0 Å². The van der Waals surface area contributed by atoms with Gasteiger partial charge in [0.05, 0.1) is 0 Å². The number of rotatable bonds is 1. The van der Waals surface area contributed by atoms with E-state index in [1.54, 1.807) is 0 Å². The predicted octanol–water partition coefficient (Wildman–Crippen LogP) is -2.04. The summed E-state index contributed by atoms with van der Waals surface area (Å²) in [5, 5.41) is 20.8. The first-order valence-corrected chi connectivity index (χ1v) is 3.21. The van der Waals surface area contributed by atoms with E-state index in [0.29, 0.717) is 0 Å². The summed E-state index contributed by atoms with van der Waals surface area (Å²) in [7, 11) is 0. The predicted molar refractivity (Wildman–Crippen MR) is 30.8 cm³/mol. The van der Waals surface area contributed by atoms with Crippen LogP contribution in [-0.2, 0) is 9.59 Å². The van der Waals surface area contributed by atoms with Crippen molar-refractivity contribution in [3.8, 4) is 0 Å². The Labute approximate surface area is 63.1 Å². The van der Waals surface area contributed by atoms with Crippen LogP contribution < -0.4 is 10.2 Å². The minimum Gasteiger partial charge on any atom is -0.875 e. The Morgan fingerprint density at radius 3 is 2.64 bits per heavy atom. The molecular formula is C7H6O4-2. The summed E-state index contributed by atoms with van der Waals surface area (Å²) in [5.41, 5.74) is 0. The lowest BCUT2D eigenvalue weighted by atomic mass is 9.92. The molecule has 0 saturated carbocycles. The molecule has 0 aliphatic heterocycles. The van der Waals surface area contributed by atoms with Gasteiger partial charge in [0.25, 0.3) is 0 Å². The van der Waals surface area contributed by atoms with E-state index in [0.717, 1.165) is 6.08 Å². The molecule has 0 spiro atoms. The number of aliphatic carboxylic acids is 1. The Kier molecular flexibility index (Phi) is 1.94. The SMILES string of the molecule is O=C1C=C([O-])C[C@H](C(=O)[O-])C1. The summed E-state index contributed by atoms with van der Waals surface area (Å²) in [6, 6.07) is 0. The molecule has 0 aromatic rings. The Morgan fingerprint density at radius 1 is 1.55 bits per heavy atom. The quantitative estimate of drug-likeness (QED) is 0.435. The standard InChI is InChI=1S/C7H8O4/c8-5-1-4(7(10)11)2-6(9)3-5/h3-4,8H,1-2H2,(H,10,11)/p-2/t4-/m0/s1. The normalized spacial score (nSPS) is 24.5. The van der Waals surface area contributed by atoms with Crippen molar-refractivity contribution in [2.75, 3.05) is 0 Å². The van der Waals surface area contributed by atoms with Gasteiger partial charge in [-0.05, 0) is 12.5 Å². The first-order chi connectivity index (χ1) is 5.09. The van der Waals surface area contributed by atoms with Gasteiger partial charge in [-0.15, -0.1) is 5.76 Å². The molecule has 0 aromatic heterocycles. The van der Waals surface area contributed by atoms with Crippen molar-refractivity contribution in [1.29, 1.82) is 0 Å². The van der Waals surface area contributed by atoms with E-state index in [1.807, 2.05) is 0 Å². The number of carbonyl (C=O) groups excluding carboxylic acids is 2. The van der Waals surface area contributed by atoms with Crippen LogP contribution in [0.1, 0.15) is 12.8 Å². The van der Waals surface area contributed by atoms with Crippen molar-refractivity contribution < 1.29 is 19.8 Å². The Hall–Kier alpha value is -1.32. The van der Waals surface area contributed by atoms with Gasteiger partial charge in [-0.1, -0.05) is 0 Å². The molecule has 0 heterocycles. The maximum absolute atomic E-state index is 10.6. The molecule has 1 aliphatic carbocycles. The van der Waals surface area contributed by atoms with E-state index in [2.05, 4.69) is 0 Å². The Balaban J connectivity index is 2.72. The third-order valence-electron chi connectivity index (χ3n) is 1.55. The van der Waals surface area contributed by atoms with Crippen molar-refractivity contribution in [3.05, 3.63) is 11.8 Å². The zero-order valence-corrected chi connectivity index (χ0v) is 5.70. The van der Waals surface area contributed by atoms with E-state index in [1.165, 1.54) is 0 Å². The monoisotopic (exact) mass is 154 g/mol. The van der Waals surface area contributed by atoms with Crippen molar-refractivity contribution in [3.63, 3.8) is 0 Å². The van der Waals surface area contributed by atoms with Crippen LogP contribution in [0.25, 0.3) is 0 Å². The molecular weight excluding hydrogens is 148 g/mol. The lowest BCUT2D eigenvalue weighted by Gasteiger charge is -2.25. The van der Waals surface area contributed by atoms with Crippen LogP contribution in [0.2, 0.25) is 0 Å². The third kappa shape index (κ3) is 1.80. The summed E-state index contributed by atoms with van der Waals surface area (Å²) in [6.45, 7) is 0. The molecule has 0 N–H and O–H groups in total. The highest BCUT2D eigenvalue weighted by atomic mass is 16.4. The summed E-state index contributed by atoms with van der Waals surface area (Å²) in [5.74, 6) is -3.08. The lowest BCUT2D eigenvalue weighted by molar-refractivity contribution is -0.323.